The van der Waals surface area contributed by atoms with Crippen molar-refractivity contribution in [3.05, 3.63) is 18.0 Å². The van der Waals surface area contributed by atoms with Crippen molar-refractivity contribution in [2.45, 2.75) is 56.0 Å². The molecule has 0 aliphatic heterocycles. The minimum absolute atomic E-state index is 0.0615. The second-order valence-corrected chi connectivity index (χ2v) is 7.45. The van der Waals surface area contributed by atoms with Crippen molar-refractivity contribution in [1.29, 1.82) is 0 Å². The zero-order valence-electron chi connectivity index (χ0n) is 12.4. The third-order valence-corrected chi connectivity index (χ3v) is 5.61. The van der Waals surface area contributed by atoms with Crippen LogP contribution in [0.5, 0.6) is 0 Å². The van der Waals surface area contributed by atoms with Gasteiger partial charge in [0.1, 0.15) is 4.90 Å². The maximum Gasteiger partial charge on any atom is 0.258 e. The highest BCUT2D eigenvalue weighted by atomic mass is 32.2. The average Bonchev–Trinajstić information content (AvgIpc) is 2.91. The van der Waals surface area contributed by atoms with E-state index >= 15 is 0 Å². The van der Waals surface area contributed by atoms with Crippen molar-refractivity contribution in [3.8, 4) is 0 Å². The largest absolute Gasteiger partial charge is 0.336 e. The first-order chi connectivity index (χ1) is 10.5. The summed E-state index contributed by atoms with van der Waals surface area (Å²) in [5, 5.41) is 4.54. The summed E-state index contributed by atoms with van der Waals surface area (Å²) in [5.41, 5.74) is 6.92. The molecule has 2 aromatic heterocycles. The number of hydrogen-bond donors (Lipinski definition) is 2. The van der Waals surface area contributed by atoms with Crippen molar-refractivity contribution in [2.24, 2.45) is 5.73 Å². The van der Waals surface area contributed by atoms with Crippen LogP contribution < -0.4 is 10.5 Å². The number of pyridine rings is 1. The summed E-state index contributed by atoms with van der Waals surface area (Å²) in [6.07, 6.45) is 5.19. The van der Waals surface area contributed by atoms with Crippen molar-refractivity contribution >= 4 is 21.1 Å². The van der Waals surface area contributed by atoms with Crippen molar-refractivity contribution in [1.82, 2.24) is 14.9 Å². The second kappa shape index (κ2) is 5.94. The molecule has 0 radical (unpaired) electrons. The second-order valence-electron chi connectivity index (χ2n) is 5.74. The van der Waals surface area contributed by atoms with Gasteiger partial charge in [-0.1, -0.05) is 12.1 Å². The molecule has 0 bridgehead atoms. The van der Waals surface area contributed by atoms with E-state index in [2.05, 4.69) is 14.9 Å². The molecule has 22 heavy (non-hydrogen) atoms. The molecule has 0 atom stereocenters. The topological polar surface area (TPSA) is 111 Å². The number of sulfonamides is 1. The zero-order valence-corrected chi connectivity index (χ0v) is 13.3. The van der Waals surface area contributed by atoms with Gasteiger partial charge in [0.25, 0.3) is 5.71 Å². The Morgan fingerprint density at radius 3 is 2.77 bits per heavy atom. The predicted octanol–water partition coefficient (Wildman–Crippen LogP) is 1.33. The molecule has 3 rings (SSSR count). The van der Waals surface area contributed by atoms with E-state index in [4.69, 9.17) is 10.3 Å². The summed E-state index contributed by atoms with van der Waals surface area (Å²) in [6, 6.07) is 1.70. The van der Waals surface area contributed by atoms with E-state index < -0.39 is 10.0 Å². The van der Waals surface area contributed by atoms with Gasteiger partial charge in [0.15, 0.2) is 0 Å². The van der Waals surface area contributed by atoms with Gasteiger partial charge in [0.2, 0.25) is 10.0 Å². The van der Waals surface area contributed by atoms with E-state index in [0.29, 0.717) is 23.2 Å². The first-order valence-corrected chi connectivity index (χ1v) is 9.00. The molecule has 0 spiro atoms. The Bertz CT molecular complexity index is 763. The summed E-state index contributed by atoms with van der Waals surface area (Å²) in [5.74, 6) is 0. The summed E-state index contributed by atoms with van der Waals surface area (Å²) < 4.78 is 32.9. The van der Waals surface area contributed by atoms with Crippen molar-refractivity contribution in [3.63, 3.8) is 0 Å². The Hall–Kier alpha value is -1.51. The minimum atomic E-state index is -3.59. The van der Waals surface area contributed by atoms with Gasteiger partial charge in [-0.25, -0.2) is 18.1 Å². The van der Waals surface area contributed by atoms with Gasteiger partial charge in [-0.15, -0.1) is 0 Å². The molecule has 1 aliphatic carbocycles. The van der Waals surface area contributed by atoms with Gasteiger partial charge < -0.3 is 10.3 Å². The minimum Gasteiger partial charge on any atom is -0.336 e. The lowest BCUT2D eigenvalue weighted by Gasteiger charge is -2.26. The SMILES string of the molecule is CCc1noc2ncc(S(=O)(=O)NC3CCC(N)CC3)cc12. The number of nitrogens with one attached hydrogen (secondary N) is 1. The number of aromatic nitrogens is 2. The van der Waals surface area contributed by atoms with Crippen LogP contribution in [-0.4, -0.2) is 30.6 Å². The van der Waals surface area contributed by atoms with Crippen LogP contribution in [0.15, 0.2) is 21.7 Å². The van der Waals surface area contributed by atoms with Gasteiger partial charge in [0.05, 0.1) is 17.3 Å². The number of hydrogen-bond acceptors (Lipinski definition) is 6. The predicted molar refractivity (Wildman–Crippen MR) is 81.7 cm³/mol. The summed E-state index contributed by atoms with van der Waals surface area (Å²) >= 11 is 0. The number of aryl methyl sites for hydroxylation is 1. The van der Waals surface area contributed by atoms with E-state index in [1.54, 1.807) is 6.07 Å². The molecule has 120 valence electrons. The number of rotatable bonds is 4. The molecule has 7 nitrogen and oxygen atoms in total. The molecule has 1 saturated carbocycles. The Kier molecular flexibility index (Phi) is 4.16. The maximum absolute atomic E-state index is 12.5. The molecular formula is C14H20N4O3S. The zero-order chi connectivity index (χ0) is 15.7. The summed E-state index contributed by atoms with van der Waals surface area (Å²) in [6.45, 7) is 1.93. The van der Waals surface area contributed by atoms with Gasteiger partial charge in [0, 0.05) is 12.1 Å². The number of nitrogens with two attached hydrogens (primary N) is 1. The van der Waals surface area contributed by atoms with Crippen molar-refractivity contribution in [2.75, 3.05) is 0 Å². The van der Waals surface area contributed by atoms with Crippen molar-refractivity contribution < 1.29 is 12.9 Å². The standard InChI is InChI=1S/C14H20N4O3S/c1-2-13-12-7-11(8-16-14(12)21-17-13)22(19,20)18-10-5-3-9(15)4-6-10/h7-10,18H,2-6,15H2,1H3. The van der Waals surface area contributed by atoms with Gasteiger partial charge in [-0.3, -0.25) is 0 Å². The number of nitrogens with zero attached hydrogens (tertiary/aromatic N) is 2. The highest BCUT2D eigenvalue weighted by Gasteiger charge is 2.25. The smallest absolute Gasteiger partial charge is 0.258 e. The van der Waals surface area contributed by atoms with E-state index in [-0.39, 0.29) is 17.0 Å². The molecule has 0 saturated heterocycles. The molecule has 2 heterocycles. The lowest BCUT2D eigenvalue weighted by Crippen LogP contribution is -2.40. The van der Waals surface area contributed by atoms with Crippen LogP contribution in [0, 0.1) is 0 Å². The molecule has 0 unspecified atom stereocenters. The molecule has 2 aromatic rings. The van der Waals surface area contributed by atoms with Crippen LogP contribution >= 0.6 is 0 Å². The lowest BCUT2D eigenvalue weighted by molar-refractivity contribution is 0.373. The van der Waals surface area contributed by atoms with Gasteiger partial charge in [-0.05, 0) is 38.2 Å². The Labute approximate surface area is 129 Å². The Morgan fingerprint density at radius 1 is 1.36 bits per heavy atom. The van der Waals surface area contributed by atoms with E-state index in [1.807, 2.05) is 6.92 Å². The van der Waals surface area contributed by atoms with Crippen LogP contribution in [-0.2, 0) is 16.4 Å². The molecular weight excluding hydrogens is 304 g/mol. The van der Waals surface area contributed by atoms with E-state index in [1.165, 1.54) is 6.20 Å². The number of fused-ring (bicyclic) bond motifs is 1. The first kappa shape index (κ1) is 15.4. The monoisotopic (exact) mass is 324 g/mol. The van der Waals surface area contributed by atoms with Crippen LogP contribution in [0.1, 0.15) is 38.3 Å². The summed E-state index contributed by atoms with van der Waals surface area (Å²) in [4.78, 5) is 4.20. The van der Waals surface area contributed by atoms with Crippen LogP contribution in [0.2, 0.25) is 0 Å². The fourth-order valence-electron chi connectivity index (χ4n) is 2.79. The molecule has 0 aromatic carbocycles. The van der Waals surface area contributed by atoms with Gasteiger partial charge >= 0.3 is 0 Å². The van der Waals surface area contributed by atoms with E-state index in [0.717, 1.165) is 25.7 Å². The first-order valence-electron chi connectivity index (χ1n) is 7.52. The lowest BCUT2D eigenvalue weighted by atomic mass is 9.93. The highest BCUT2D eigenvalue weighted by molar-refractivity contribution is 7.89. The van der Waals surface area contributed by atoms with E-state index in [9.17, 15) is 8.42 Å². The fourth-order valence-corrected chi connectivity index (χ4v) is 4.06. The normalized spacial score (nSPS) is 23.0. The third kappa shape index (κ3) is 2.99. The van der Waals surface area contributed by atoms with Crippen LogP contribution in [0.3, 0.4) is 0 Å². The molecule has 0 amide bonds. The molecule has 8 heteroatoms. The van der Waals surface area contributed by atoms with Gasteiger partial charge in [-0.2, -0.15) is 0 Å². The Balaban J connectivity index is 1.85. The Morgan fingerprint density at radius 2 is 2.09 bits per heavy atom. The highest BCUT2D eigenvalue weighted by Crippen LogP contribution is 2.23. The molecule has 1 fully saturated rings. The maximum atomic E-state index is 12.5. The fraction of sp³-hybridized carbons (Fsp3) is 0.571. The van der Waals surface area contributed by atoms with Crippen LogP contribution in [0.25, 0.3) is 11.1 Å². The summed E-state index contributed by atoms with van der Waals surface area (Å²) in [7, 11) is -3.59. The quantitative estimate of drug-likeness (QED) is 0.877. The van der Waals surface area contributed by atoms with Crippen LogP contribution in [0.4, 0.5) is 0 Å². The molecule has 1 aliphatic rings. The average molecular weight is 324 g/mol. The molecule has 3 N–H and O–H groups in total. The third-order valence-electron chi connectivity index (χ3n) is 4.12.